The lowest BCUT2D eigenvalue weighted by Gasteiger charge is -2.52. The number of benzene rings is 2. The van der Waals surface area contributed by atoms with Crippen LogP contribution in [0.5, 0.6) is 11.5 Å². The minimum absolute atomic E-state index is 0.0910. The lowest BCUT2D eigenvalue weighted by Crippen LogP contribution is -2.56. The number of piperidine rings is 1. The van der Waals surface area contributed by atoms with Gasteiger partial charge in [-0.05, 0) is 55.7 Å². The summed E-state index contributed by atoms with van der Waals surface area (Å²) in [5, 5.41) is 11.4. The van der Waals surface area contributed by atoms with Crippen LogP contribution in [0.15, 0.2) is 42.5 Å². The minimum atomic E-state index is -0.798. The Hall–Kier alpha value is -2.60. The number of amides is 1. The van der Waals surface area contributed by atoms with Gasteiger partial charge in [0.15, 0.2) is 0 Å². The van der Waals surface area contributed by atoms with Crippen molar-refractivity contribution in [2.45, 2.75) is 43.7 Å². The first kappa shape index (κ1) is 20.7. The Kier molecular flexibility index (Phi) is 5.69. The summed E-state index contributed by atoms with van der Waals surface area (Å²) in [6.07, 6.45) is 4.13. The SMILES string of the molecule is COc1ccc([C@H]2[C@@H]3CCCC[C@]3(O)CCN2C(=O)c2ccc(F)cc2)c(OC)c1. The molecule has 2 fully saturated rings. The maximum Gasteiger partial charge on any atom is 0.254 e. The van der Waals surface area contributed by atoms with Crippen LogP contribution in [0.1, 0.15) is 54.1 Å². The number of rotatable bonds is 4. The van der Waals surface area contributed by atoms with Crippen LogP contribution in [-0.2, 0) is 0 Å². The predicted molar refractivity (Wildman–Crippen MR) is 111 cm³/mol. The molecule has 1 N–H and O–H groups in total. The van der Waals surface area contributed by atoms with Gasteiger partial charge < -0.3 is 19.5 Å². The number of hydrogen-bond donors (Lipinski definition) is 1. The summed E-state index contributed by atoms with van der Waals surface area (Å²) in [6.45, 7) is 0.434. The molecule has 3 atom stereocenters. The average Bonchev–Trinajstić information content (AvgIpc) is 2.77. The highest BCUT2D eigenvalue weighted by atomic mass is 19.1. The van der Waals surface area contributed by atoms with Crippen LogP contribution in [-0.4, -0.2) is 42.3 Å². The van der Waals surface area contributed by atoms with E-state index in [-0.39, 0.29) is 23.7 Å². The van der Waals surface area contributed by atoms with E-state index in [2.05, 4.69) is 0 Å². The van der Waals surface area contributed by atoms with Crippen molar-refractivity contribution in [2.24, 2.45) is 5.92 Å². The average molecular weight is 413 g/mol. The van der Waals surface area contributed by atoms with Gasteiger partial charge in [0.25, 0.3) is 5.91 Å². The highest BCUT2D eigenvalue weighted by Crippen LogP contribution is 2.51. The molecule has 30 heavy (non-hydrogen) atoms. The second-order valence-electron chi connectivity index (χ2n) is 8.26. The van der Waals surface area contributed by atoms with Gasteiger partial charge in [-0.2, -0.15) is 0 Å². The molecular weight excluding hydrogens is 385 g/mol. The number of likely N-dealkylation sites (tertiary alicyclic amines) is 1. The number of methoxy groups -OCH3 is 2. The summed E-state index contributed by atoms with van der Waals surface area (Å²) in [4.78, 5) is 15.3. The third-order valence-corrected chi connectivity index (χ3v) is 6.68. The Morgan fingerprint density at radius 2 is 1.87 bits per heavy atom. The number of halogens is 1. The zero-order chi connectivity index (χ0) is 21.3. The van der Waals surface area contributed by atoms with Gasteiger partial charge >= 0.3 is 0 Å². The van der Waals surface area contributed by atoms with Crippen LogP contribution < -0.4 is 9.47 Å². The standard InChI is InChI=1S/C24H28FNO4/c1-29-18-10-11-19(21(15-18)30-2)22-20-5-3-4-12-24(20,28)13-14-26(22)23(27)16-6-8-17(25)9-7-16/h6-11,15,20,22,28H,3-5,12-14H2,1-2H3/t20-,22-,24-/m0/s1. The van der Waals surface area contributed by atoms with E-state index in [9.17, 15) is 14.3 Å². The number of aliphatic hydroxyl groups is 1. The van der Waals surface area contributed by atoms with Crippen LogP contribution in [0.2, 0.25) is 0 Å². The Morgan fingerprint density at radius 3 is 2.57 bits per heavy atom. The normalized spacial score (nSPS) is 26.1. The number of hydrogen-bond acceptors (Lipinski definition) is 4. The van der Waals surface area contributed by atoms with E-state index in [1.807, 2.05) is 23.1 Å². The topological polar surface area (TPSA) is 59.0 Å². The van der Waals surface area contributed by atoms with Gasteiger partial charge in [0.1, 0.15) is 17.3 Å². The van der Waals surface area contributed by atoms with Crippen molar-refractivity contribution in [1.29, 1.82) is 0 Å². The first-order chi connectivity index (χ1) is 14.5. The fourth-order valence-electron chi connectivity index (χ4n) is 5.12. The number of carbonyl (C=O) groups excluding carboxylic acids is 1. The number of carbonyl (C=O) groups is 1. The van der Waals surface area contributed by atoms with Crippen LogP contribution >= 0.6 is 0 Å². The molecule has 1 aliphatic carbocycles. The van der Waals surface area contributed by atoms with E-state index in [0.717, 1.165) is 31.2 Å². The molecule has 1 saturated carbocycles. The lowest BCUT2D eigenvalue weighted by molar-refractivity contribution is -0.115. The summed E-state index contributed by atoms with van der Waals surface area (Å²) in [5.41, 5.74) is 0.502. The zero-order valence-electron chi connectivity index (χ0n) is 17.4. The Labute approximate surface area is 176 Å². The lowest BCUT2D eigenvalue weighted by atomic mass is 9.66. The molecule has 0 spiro atoms. The summed E-state index contributed by atoms with van der Waals surface area (Å²) in [6, 6.07) is 10.9. The Bertz CT molecular complexity index is 916. The van der Waals surface area contributed by atoms with Gasteiger partial charge in [0.05, 0.1) is 25.9 Å². The molecule has 0 radical (unpaired) electrons. The van der Waals surface area contributed by atoms with Gasteiger partial charge in [-0.15, -0.1) is 0 Å². The quantitative estimate of drug-likeness (QED) is 0.810. The zero-order valence-corrected chi connectivity index (χ0v) is 17.4. The molecule has 2 aromatic rings. The third kappa shape index (κ3) is 3.65. The van der Waals surface area contributed by atoms with Crippen LogP contribution in [0.25, 0.3) is 0 Å². The minimum Gasteiger partial charge on any atom is -0.497 e. The van der Waals surface area contributed by atoms with Gasteiger partial charge in [-0.25, -0.2) is 4.39 Å². The molecule has 0 bridgehead atoms. The van der Waals surface area contributed by atoms with Crippen molar-refractivity contribution in [1.82, 2.24) is 4.90 Å². The molecule has 1 aliphatic heterocycles. The van der Waals surface area contributed by atoms with E-state index in [1.54, 1.807) is 14.2 Å². The largest absolute Gasteiger partial charge is 0.497 e. The number of ether oxygens (including phenoxy) is 2. The van der Waals surface area contributed by atoms with E-state index in [0.29, 0.717) is 30.0 Å². The van der Waals surface area contributed by atoms with Crippen LogP contribution in [0.3, 0.4) is 0 Å². The highest BCUT2D eigenvalue weighted by Gasteiger charge is 2.50. The van der Waals surface area contributed by atoms with Crippen LogP contribution in [0.4, 0.5) is 4.39 Å². The summed E-state index contributed by atoms with van der Waals surface area (Å²) >= 11 is 0. The number of fused-ring (bicyclic) bond motifs is 1. The molecule has 1 heterocycles. The summed E-state index contributed by atoms with van der Waals surface area (Å²) in [5.74, 6) is 0.671. The summed E-state index contributed by atoms with van der Waals surface area (Å²) < 4.78 is 24.4. The van der Waals surface area contributed by atoms with Crippen LogP contribution in [0, 0.1) is 11.7 Å². The van der Waals surface area contributed by atoms with E-state index < -0.39 is 5.60 Å². The molecule has 0 unspecified atom stereocenters. The summed E-state index contributed by atoms with van der Waals surface area (Å²) in [7, 11) is 3.19. The molecule has 4 rings (SSSR count). The number of nitrogens with zero attached hydrogens (tertiary/aromatic N) is 1. The predicted octanol–water partition coefficient (Wildman–Crippen LogP) is 4.35. The Morgan fingerprint density at radius 1 is 1.10 bits per heavy atom. The van der Waals surface area contributed by atoms with Crippen molar-refractivity contribution in [3.63, 3.8) is 0 Å². The van der Waals surface area contributed by atoms with Crippen molar-refractivity contribution < 1.29 is 23.8 Å². The van der Waals surface area contributed by atoms with Crippen molar-refractivity contribution in [3.05, 3.63) is 59.4 Å². The molecule has 0 aromatic heterocycles. The first-order valence-electron chi connectivity index (χ1n) is 10.5. The van der Waals surface area contributed by atoms with Gasteiger partial charge in [-0.3, -0.25) is 4.79 Å². The van der Waals surface area contributed by atoms with Gasteiger partial charge in [0, 0.05) is 29.7 Å². The van der Waals surface area contributed by atoms with Gasteiger partial charge in [0.2, 0.25) is 0 Å². The molecule has 6 heteroatoms. The molecule has 2 aromatic carbocycles. The highest BCUT2D eigenvalue weighted by molar-refractivity contribution is 5.94. The molecule has 2 aliphatic rings. The van der Waals surface area contributed by atoms with E-state index >= 15 is 0 Å². The molecule has 1 amide bonds. The second kappa shape index (κ2) is 8.26. The maximum atomic E-state index is 13.5. The van der Waals surface area contributed by atoms with Crippen molar-refractivity contribution >= 4 is 5.91 Å². The first-order valence-corrected chi connectivity index (χ1v) is 10.5. The second-order valence-corrected chi connectivity index (χ2v) is 8.26. The van der Waals surface area contributed by atoms with Gasteiger partial charge in [-0.1, -0.05) is 12.8 Å². The maximum absolute atomic E-state index is 13.5. The third-order valence-electron chi connectivity index (χ3n) is 6.68. The molecule has 1 saturated heterocycles. The van der Waals surface area contributed by atoms with E-state index in [1.165, 1.54) is 24.3 Å². The fourth-order valence-corrected chi connectivity index (χ4v) is 5.12. The molecular formula is C24H28FNO4. The van der Waals surface area contributed by atoms with Crippen molar-refractivity contribution in [3.8, 4) is 11.5 Å². The van der Waals surface area contributed by atoms with E-state index in [4.69, 9.17) is 9.47 Å². The molecule has 160 valence electrons. The smallest absolute Gasteiger partial charge is 0.254 e. The monoisotopic (exact) mass is 413 g/mol. The van der Waals surface area contributed by atoms with Crippen molar-refractivity contribution in [2.75, 3.05) is 20.8 Å². The fraction of sp³-hybridized carbons (Fsp3) is 0.458. The Balaban J connectivity index is 1.79. The molecule has 5 nitrogen and oxygen atoms in total.